The van der Waals surface area contributed by atoms with Gasteiger partial charge >= 0.3 is 0 Å². The summed E-state index contributed by atoms with van der Waals surface area (Å²) >= 11 is 5.19. The topological polar surface area (TPSA) is 26.0 Å². The summed E-state index contributed by atoms with van der Waals surface area (Å²) in [7, 11) is 0. The lowest BCUT2D eigenvalue weighted by Crippen LogP contribution is -2.14. The summed E-state index contributed by atoms with van der Waals surface area (Å²) in [5.41, 5.74) is 8.81. The maximum Gasteiger partial charge on any atom is 0.0346 e. The monoisotopic (exact) mass is 321 g/mol. The molecule has 1 nitrogen and oxygen atoms in total. The number of hydrogen-bond donors (Lipinski definition) is 1. The average Bonchev–Trinajstić information content (AvgIpc) is 2.41. The molecule has 0 spiro atoms. The number of thioether (sulfide) groups is 1. The van der Waals surface area contributed by atoms with E-state index < -0.39 is 0 Å². The van der Waals surface area contributed by atoms with Crippen LogP contribution in [0.2, 0.25) is 0 Å². The first kappa shape index (κ1) is 13.7. The Hall–Kier alpha value is -0.770. The molecule has 0 bridgehead atoms. The van der Waals surface area contributed by atoms with Gasteiger partial charge in [-0.2, -0.15) is 0 Å². The molecule has 2 aromatic carbocycles. The predicted molar refractivity (Wildman–Crippen MR) is 83.0 cm³/mol. The van der Waals surface area contributed by atoms with Crippen molar-refractivity contribution in [3.8, 4) is 0 Å². The van der Waals surface area contributed by atoms with Gasteiger partial charge in [-0.3, -0.25) is 0 Å². The van der Waals surface area contributed by atoms with Crippen molar-refractivity contribution in [3.05, 3.63) is 64.1 Å². The third-order valence-electron chi connectivity index (χ3n) is 2.91. The van der Waals surface area contributed by atoms with Crippen molar-refractivity contribution in [2.24, 2.45) is 5.73 Å². The summed E-state index contributed by atoms with van der Waals surface area (Å²) in [6.07, 6.45) is 2.95. The van der Waals surface area contributed by atoms with E-state index in [2.05, 4.69) is 70.7 Å². The van der Waals surface area contributed by atoms with E-state index >= 15 is 0 Å². The van der Waals surface area contributed by atoms with Crippen molar-refractivity contribution in [2.75, 3.05) is 6.26 Å². The fraction of sp³-hybridized carbons (Fsp3) is 0.200. The molecule has 0 amide bonds. The molecular weight excluding hydrogens is 306 g/mol. The fourth-order valence-electron chi connectivity index (χ4n) is 1.96. The number of halogens is 1. The summed E-state index contributed by atoms with van der Waals surface area (Å²) in [5, 5.41) is 0. The molecular formula is C15H16BrNS. The van der Waals surface area contributed by atoms with Gasteiger partial charge in [0.2, 0.25) is 0 Å². The van der Waals surface area contributed by atoms with E-state index in [1.165, 1.54) is 16.0 Å². The van der Waals surface area contributed by atoms with Gasteiger partial charge < -0.3 is 5.73 Å². The second-order valence-corrected chi connectivity index (χ2v) is 5.94. The Labute approximate surface area is 121 Å². The Balaban J connectivity index is 2.16. The zero-order valence-electron chi connectivity index (χ0n) is 10.3. The van der Waals surface area contributed by atoms with Crippen molar-refractivity contribution in [2.45, 2.75) is 17.4 Å². The molecule has 2 aromatic rings. The van der Waals surface area contributed by atoms with Crippen LogP contribution >= 0.6 is 27.7 Å². The Morgan fingerprint density at radius 3 is 2.44 bits per heavy atom. The summed E-state index contributed by atoms with van der Waals surface area (Å²) in [6, 6.07) is 16.8. The minimum absolute atomic E-state index is 0.0508. The molecule has 18 heavy (non-hydrogen) atoms. The van der Waals surface area contributed by atoms with Crippen LogP contribution < -0.4 is 5.73 Å². The molecule has 0 fully saturated rings. The smallest absolute Gasteiger partial charge is 0.0346 e. The van der Waals surface area contributed by atoms with Gasteiger partial charge in [-0.15, -0.1) is 11.8 Å². The summed E-state index contributed by atoms with van der Waals surface area (Å²) in [4.78, 5) is 1.27. The summed E-state index contributed by atoms with van der Waals surface area (Å²) < 4.78 is 1.10. The van der Waals surface area contributed by atoms with Crippen molar-refractivity contribution >= 4 is 27.7 Å². The Bertz CT molecular complexity index is 510. The van der Waals surface area contributed by atoms with Gasteiger partial charge in [-0.05, 0) is 42.0 Å². The Kier molecular flexibility index (Phi) is 4.87. The molecule has 3 heteroatoms. The molecule has 2 rings (SSSR count). The minimum Gasteiger partial charge on any atom is -0.324 e. The Morgan fingerprint density at radius 2 is 1.78 bits per heavy atom. The number of benzene rings is 2. The molecule has 0 aliphatic rings. The second-order valence-electron chi connectivity index (χ2n) is 4.18. The van der Waals surface area contributed by atoms with Crippen LogP contribution in [0, 0.1) is 0 Å². The first-order chi connectivity index (χ1) is 8.70. The van der Waals surface area contributed by atoms with Crippen molar-refractivity contribution < 1.29 is 0 Å². The van der Waals surface area contributed by atoms with Gasteiger partial charge in [-0.25, -0.2) is 0 Å². The highest BCUT2D eigenvalue weighted by Crippen LogP contribution is 2.26. The van der Waals surface area contributed by atoms with E-state index in [1.54, 1.807) is 11.8 Å². The van der Waals surface area contributed by atoms with Crippen LogP contribution in [-0.4, -0.2) is 6.26 Å². The summed E-state index contributed by atoms with van der Waals surface area (Å²) in [6.45, 7) is 0. The van der Waals surface area contributed by atoms with Gasteiger partial charge in [0, 0.05) is 15.4 Å². The molecule has 0 saturated heterocycles. The molecule has 2 N–H and O–H groups in total. The van der Waals surface area contributed by atoms with Crippen LogP contribution in [0.5, 0.6) is 0 Å². The SMILES string of the molecule is CSc1ccccc1C(N)Cc1ccc(Br)cc1. The first-order valence-electron chi connectivity index (χ1n) is 5.83. The van der Waals surface area contributed by atoms with Gasteiger partial charge in [0.25, 0.3) is 0 Å². The molecule has 0 radical (unpaired) electrons. The highest BCUT2D eigenvalue weighted by molar-refractivity contribution is 9.10. The lowest BCUT2D eigenvalue weighted by molar-refractivity contribution is 0.708. The van der Waals surface area contributed by atoms with Gasteiger partial charge in [0.1, 0.15) is 0 Å². The number of rotatable bonds is 4. The van der Waals surface area contributed by atoms with E-state index in [0.717, 1.165) is 10.9 Å². The number of hydrogen-bond acceptors (Lipinski definition) is 2. The van der Waals surface area contributed by atoms with Gasteiger partial charge in [0.05, 0.1) is 0 Å². The molecule has 0 saturated carbocycles. The molecule has 1 atom stereocenters. The highest BCUT2D eigenvalue weighted by atomic mass is 79.9. The molecule has 94 valence electrons. The Morgan fingerprint density at radius 1 is 1.11 bits per heavy atom. The van der Waals surface area contributed by atoms with Crippen LogP contribution in [0.25, 0.3) is 0 Å². The zero-order chi connectivity index (χ0) is 13.0. The third kappa shape index (κ3) is 3.37. The molecule has 1 unspecified atom stereocenters. The van der Waals surface area contributed by atoms with Crippen LogP contribution in [-0.2, 0) is 6.42 Å². The average molecular weight is 322 g/mol. The van der Waals surface area contributed by atoms with Gasteiger partial charge in [-0.1, -0.05) is 46.3 Å². The summed E-state index contributed by atoms with van der Waals surface area (Å²) in [5.74, 6) is 0. The van der Waals surface area contributed by atoms with E-state index in [9.17, 15) is 0 Å². The lowest BCUT2D eigenvalue weighted by Gasteiger charge is -2.15. The highest BCUT2D eigenvalue weighted by Gasteiger charge is 2.10. The normalized spacial score (nSPS) is 12.4. The third-order valence-corrected chi connectivity index (χ3v) is 4.25. The van der Waals surface area contributed by atoms with Crippen molar-refractivity contribution in [1.29, 1.82) is 0 Å². The molecule has 0 aliphatic carbocycles. The largest absolute Gasteiger partial charge is 0.324 e. The van der Waals surface area contributed by atoms with E-state index in [1.807, 2.05) is 0 Å². The van der Waals surface area contributed by atoms with Crippen molar-refractivity contribution in [3.63, 3.8) is 0 Å². The lowest BCUT2D eigenvalue weighted by atomic mass is 10.00. The molecule has 0 aliphatic heterocycles. The zero-order valence-corrected chi connectivity index (χ0v) is 12.7. The van der Waals surface area contributed by atoms with E-state index in [0.29, 0.717) is 0 Å². The van der Waals surface area contributed by atoms with E-state index in [4.69, 9.17) is 5.73 Å². The molecule has 0 heterocycles. The van der Waals surface area contributed by atoms with Crippen LogP contribution in [0.1, 0.15) is 17.2 Å². The number of nitrogens with two attached hydrogens (primary N) is 1. The maximum atomic E-state index is 6.32. The van der Waals surface area contributed by atoms with Gasteiger partial charge in [0.15, 0.2) is 0 Å². The van der Waals surface area contributed by atoms with Crippen LogP contribution in [0.4, 0.5) is 0 Å². The second kappa shape index (κ2) is 6.41. The predicted octanol–water partition coefficient (Wildman–Crippen LogP) is 4.41. The standard InChI is InChI=1S/C15H16BrNS/c1-18-15-5-3-2-4-13(15)14(17)10-11-6-8-12(16)9-7-11/h2-9,14H,10,17H2,1H3. The van der Waals surface area contributed by atoms with E-state index in [-0.39, 0.29) is 6.04 Å². The fourth-order valence-corrected chi connectivity index (χ4v) is 2.89. The maximum absolute atomic E-state index is 6.32. The van der Waals surface area contributed by atoms with Crippen molar-refractivity contribution in [1.82, 2.24) is 0 Å². The molecule has 0 aromatic heterocycles. The van der Waals surface area contributed by atoms with Crippen LogP contribution in [0.3, 0.4) is 0 Å². The first-order valence-corrected chi connectivity index (χ1v) is 7.85. The minimum atomic E-state index is 0.0508. The van der Waals surface area contributed by atoms with Crippen LogP contribution in [0.15, 0.2) is 57.9 Å². The quantitative estimate of drug-likeness (QED) is 0.844.